The van der Waals surface area contributed by atoms with Crippen molar-refractivity contribution < 1.29 is 9.84 Å². The van der Waals surface area contributed by atoms with E-state index in [0.717, 1.165) is 5.56 Å². The SMILES string of the molecule is COc1ccc([C@H](N)c2ccsc2)c(O)c1. The topological polar surface area (TPSA) is 55.5 Å². The van der Waals surface area contributed by atoms with Gasteiger partial charge in [0.15, 0.2) is 0 Å². The minimum absolute atomic E-state index is 0.165. The van der Waals surface area contributed by atoms with Gasteiger partial charge in [0.25, 0.3) is 0 Å². The Morgan fingerprint density at radius 2 is 2.19 bits per heavy atom. The lowest BCUT2D eigenvalue weighted by Crippen LogP contribution is -2.10. The highest BCUT2D eigenvalue weighted by atomic mass is 32.1. The van der Waals surface area contributed by atoms with Gasteiger partial charge in [-0.3, -0.25) is 0 Å². The number of aromatic hydroxyl groups is 1. The summed E-state index contributed by atoms with van der Waals surface area (Å²) < 4.78 is 5.02. The second-order valence-electron chi connectivity index (χ2n) is 3.46. The van der Waals surface area contributed by atoms with Crippen LogP contribution < -0.4 is 10.5 Å². The molecule has 2 aromatic rings. The Bertz CT molecular complexity index is 468. The quantitative estimate of drug-likeness (QED) is 0.859. The molecule has 0 spiro atoms. The van der Waals surface area contributed by atoms with Gasteiger partial charge in [0, 0.05) is 11.6 Å². The number of rotatable bonds is 3. The van der Waals surface area contributed by atoms with E-state index in [4.69, 9.17) is 10.5 Å². The number of phenols is 1. The first-order valence-corrected chi connectivity index (χ1v) is 5.81. The molecular weight excluding hydrogens is 222 g/mol. The lowest BCUT2D eigenvalue weighted by Gasteiger charge is -2.13. The first-order valence-electron chi connectivity index (χ1n) is 4.87. The molecule has 1 atom stereocenters. The highest BCUT2D eigenvalue weighted by Gasteiger charge is 2.13. The van der Waals surface area contributed by atoms with E-state index in [-0.39, 0.29) is 11.8 Å². The van der Waals surface area contributed by atoms with E-state index in [9.17, 15) is 5.11 Å². The van der Waals surface area contributed by atoms with Crippen LogP contribution >= 0.6 is 11.3 Å². The van der Waals surface area contributed by atoms with E-state index in [0.29, 0.717) is 11.3 Å². The van der Waals surface area contributed by atoms with Gasteiger partial charge in [0.05, 0.1) is 13.2 Å². The summed E-state index contributed by atoms with van der Waals surface area (Å²) in [5, 5.41) is 13.8. The van der Waals surface area contributed by atoms with Crippen molar-refractivity contribution in [3.8, 4) is 11.5 Å². The van der Waals surface area contributed by atoms with Crippen molar-refractivity contribution in [2.24, 2.45) is 5.73 Å². The van der Waals surface area contributed by atoms with E-state index >= 15 is 0 Å². The van der Waals surface area contributed by atoms with Crippen molar-refractivity contribution in [3.05, 3.63) is 46.2 Å². The summed E-state index contributed by atoms with van der Waals surface area (Å²) in [6.45, 7) is 0. The summed E-state index contributed by atoms with van der Waals surface area (Å²) in [5.41, 5.74) is 7.77. The zero-order chi connectivity index (χ0) is 11.5. The van der Waals surface area contributed by atoms with Crippen molar-refractivity contribution in [2.75, 3.05) is 7.11 Å². The van der Waals surface area contributed by atoms with E-state index in [1.54, 1.807) is 36.6 Å². The van der Waals surface area contributed by atoms with E-state index < -0.39 is 0 Å². The third kappa shape index (κ3) is 2.03. The molecule has 4 heteroatoms. The Morgan fingerprint density at radius 1 is 1.38 bits per heavy atom. The molecule has 1 aromatic heterocycles. The molecule has 0 saturated heterocycles. The molecule has 0 fully saturated rings. The van der Waals surface area contributed by atoms with Crippen LogP contribution in [0.15, 0.2) is 35.0 Å². The third-order valence-corrected chi connectivity index (χ3v) is 3.18. The zero-order valence-electron chi connectivity index (χ0n) is 8.88. The smallest absolute Gasteiger partial charge is 0.124 e. The maximum atomic E-state index is 9.84. The first kappa shape index (κ1) is 11.0. The molecule has 0 radical (unpaired) electrons. The second-order valence-corrected chi connectivity index (χ2v) is 4.24. The van der Waals surface area contributed by atoms with Crippen LogP contribution in [0.1, 0.15) is 17.2 Å². The van der Waals surface area contributed by atoms with Gasteiger partial charge < -0.3 is 15.6 Å². The average Bonchev–Trinajstić information content (AvgIpc) is 2.81. The van der Waals surface area contributed by atoms with Crippen LogP contribution in [0.5, 0.6) is 11.5 Å². The molecule has 1 heterocycles. The fourth-order valence-corrected chi connectivity index (χ4v) is 2.24. The largest absolute Gasteiger partial charge is 0.507 e. The zero-order valence-corrected chi connectivity index (χ0v) is 9.70. The number of benzene rings is 1. The van der Waals surface area contributed by atoms with Crippen molar-refractivity contribution >= 4 is 11.3 Å². The molecule has 0 unspecified atom stereocenters. The van der Waals surface area contributed by atoms with Crippen LogP contribution in [0.25, 0.3) is 0 Å². The third-order valence-electron chi connectivity index (χ3n) is 2.47. The summed E-state index contributed by atoms with van der Waals surface area (Å²) in [4.78, 5) is 0. The number of nitrogens with two attached hydrogens (primary N) is 1. The highest BCUT2D eigenvalue weighted by Crippen LogP contribution is 2.31. The minimum atomic E-state index is -0.294. The maximum absolute atomic E-state index is 9.84. The van der Waals surface area contributed by atoms with Gasteiger partial charge >= 0.3 is 0 Å². The predicted molar refractivity (Wildman–Crippen MR) is 65.0 cm³/mol. The molecule has 1 aromatic carbocycles. The summed E-state index contributed by atoms with van der Waals surface area (Å²) in [6.07, 6.45) is 0. The molecule has 16 heavy (non-hydrogen) atoms. The van der Waals surface area contributed by atoms with E-state index in [1.807, 2.05) is 16.8 Å². The number of ether oxygens (including phenoxy) is 1. The Balaban J connectivity index is 2.34. The van der Waals surface area contributed by atoms with Crippen LogP contribution in [0.2, 0.25) is 0 Å². The van der Waals surface area contributed by atoms with Gasteiger partial charge in [-0.2, -0.15) is 11.3 Å². The number of hydrogen-bond donors (Lipinski definition) is 2. The molecule has 0 saturated carbocycles. The van der Waals surface area contributed by atoms with Crippen molar-refractivity contribution in [2.45, 2.75) is 6.04 Å². The van der Waals surface area contributed by atoms with Crippen LogP contribution in [-0.2, 0) is 0 Å². The fraction of sp³-hybridized carbons (Fsp3) is 0.167. The van der Waals surface area contributed by atoms with Gasteiger partial charge in [-0.1, -0.05) is 0 Å². The van der Waals surface area contributed by atoms with Crippen LogP contribution in [0.3, 0.4) is 0 Å². The van der Waals surface area contributed by atoms with Gasteiger partial charge in [-0.05, 0) is 34.5 Å². The Kier molecular flexibility index (Phi) is 3.12. The van der Waals surface area contributed by atoms with Crippen LogP contribution in [0.4, 0.5) is 0 Å². The fourth-order valence-electron chi connectivity index (χ4n) is 1.54. The van der Waals surface area contributed by atoms with Gasteiger partial charge in [0.1, 0.15) is 11.5 Å². The molecular formula is C12H13NO2S. The van der Waals surface area contributed by atoms with Gasteiger partial charge in [-0.15, -0.1) is 0 Å². The Morgan fingerprint density at radius 3 is 2.75 bits per heavy atom. The maximum Gasteiger partial charge on any atom is 0.124 e. The number of hydrogen-bond acceptors (Lipinski definition) is 4. The standard InChI is InChI=1S/C12H13NO2S/c1-15-9-2-3-10(11(14)6-9)12(13)8-4-5-16-7-8/h2-7,12,14H,13H2,1H3/t12-/m1/s1. The summed E-state index contributed by atoms with van der Waals surface area (Å²) in [6, 6.07) is 6.82. The molecule has 3 nitrogen and oxygen atoms in total. The van der Waals surface area contributed by atoms with E-state index in [1.165, 1.54) is 0 Å². The Labute approximate surface area is 98.1 Å². The minimum Gasteiger partial charge on any atom is -0.507 e. The van der Waals surface area contributed by atoms with Crippen LogP contribution in [0, 0.1) is 0 Å². The predicted octanol–water partition coefficient (Wildman–Crippen LogP) is 2.51. The molecule has 0 amide bonds. The Hall–Kier alpha value is -1.52. The first-order chi connectivity index (χ1) is 7.72. The van der Waals surface area contributed by atoms with Crippen molar-refractivity contribution in [3.63, 3.8) is 0 Å². The second kappa shape index (κ2) is 4.55. The van der Waals surface area contributed by atoms with Crippen molar-refractivity contribution in [1.82, 2.24) is 0 Å². The van der Waals surface area contributed by atoms with E-state index in [2.05, 4.69) is 0 Å². The van der Waals surface area contributed by atoms with Gasteiger partial charge in [0.2, 0.25) is 0 Å². The molecule has 2 rings (SSSR count). The molecule has 0 bridgehead atoms. The van der Waals surface area contributed by atoms with Crippen LogP contribution in [-0.4, -0.2) is 12.2 Å². The van der Waals surface area contributed by atoms with Crippen molar-refractivity contribution in [1.29, 1.82) is 0 Å². The molecule has 84 valence electrons. The number of thiophene rings is 1. The number of phenolic OH excluding ortho intramolecular Hbond substituents is 1. The molecule has 0 aliphatic heterocycles. The molecule has 3 N–H and O–H groups in total. The summed E-state index contributed by atoms with van der Waals surface area (Å²) in [7, 11) is 1.56. The van der Waals surface area contributed by atoms with Gasteiger partial charge in [-0.25, -0.2) is 0 Å². The molecule has 0 aliphatic rings. The summed E-state index contributed by atoms with van der Waals surface area (Å²) >= 11 is 1.59. The number of methoxy groups -OCH3 is 1. The summed E-state index contributed by atoms with van der Waals surface area (Å²) in [5.74, 6) is 0.789. The lowest BCUT2D eigenvalue weighted by molar-refractivity contribution is 0.406. The lowest BCUT2D eigenvalue weighted by atomic mass is 10.0. The molecule has 0 aliphatic carbocycles. The monoisotopic (exact) mass is 235 g/mol. The average molecular weight is 235 g/mol. The highest BCUT2D eigenvalue weighted by molar-refractivity contribution is 7.08. The normalized spacial score (nSPS) is 12.4.